The number of benzene rings is 1. The summed E-state index contributed by atoms with van der Waals surface area (Å²) in [7, 11) is 1.78. The molecule has 128 valence electrons. The first kappa shape index (κ1) is 17.4. The van der Waals surface area contributed by atoms with Gasteiger partial charge >= 0.3 is 0 Å². The van der Waals surface area contributed by atoms with E-state index in [1.807, 2.05) is 0 Å². The van der Waals surface area contributed by atoms with Gasteiger partial charge in [0.2, 0.25) is 0 Å². The van der Waals surface area contributed by atoms with Crippen molar-refractivity contribution < 1.29 is 14.1 Å². The highest BCUT2D eigenvalue weighted by Gasteiger charge is 2.24. The number of aryl methyl sites for hydroxylation is 1. The quantitative estimate of drug-likeness (QED) is 0.347. The number of rotatable bonds is 3. The van der Waals surface area contributed by atoms with Crippen molar-refractivity contribution >= 4 is 45.8 Å². The number of nitro benzene ring substituents is 1. The average Bonchev–Trinajstić information content (AvgIpc) is 3.00. The number of nitro groups is 1. The van der Waals surface area contributed by atoms with E-state index in [2.05, 4.69) is 0 Å². The SMILES string of the molecule is Cc1cc(-c2ccc(/C=C3\SC(=S)N(C)CC3=O)o2)ccc1[N+](=O)[O-]. The molecule has 0 bridgehead atoms. The number of nitrogens with zero attached hydrogens (tertiary/aromatic N) is 2. The van der Waals surface area contributed by atoms with Crippen LogP contribution in [0.1, 0.15) is 11.3 Å². The lowest BCUT2D eigenvalue weighted by molar-refractivity contribution is -0.385. The van der Waals surface area contributed by atoms with Gasteiger partial charge in [-0.2, -0.15) is 0 Å². The molecule has 0 amide bonds. The minimum atomic E-state index is -0.414. The van der Waals surface area contributed by atoms with Crippen molar-refractivity contribution in [2.75, 3.05) is 13.6 Å². The van der Waals surface area contributed by atoms with E-state index in [-0.39, 0.29) is 18.0 Å². The van der Waals surface area contributed by atoms with Gasteiger partial charge in [0.15, 0.2) is 5.78 Å². The van der Waals surface area contributed by atoms with Crippen molar-refractivity contribution in [1.82, 2.24) is 4.90 Å². The topological polar surface area (TPSA) is 76.6 Å². The fraction of sp³-hybridized carbons (Fsp3) is 0.176. The second kappa shape index (κ2) is 6.81. The Labute approximate surface area is 153 Å². The van der Waals surface area contributed by atoms with Gasteiger partial charge in [-0.3, -0.25) is 14.9 Å². The smallest absolute Gasteiger partial charge is 0.272 e. The number of thioether (sulfide) groups is 1. The second-order valence-electron chi connectivity index (χ2n) is 5.62. The zero-order valence-electron chi connectivity index (χ0n) is 13.5. The molecule has 0 unspecified atom stereocenters. The van der Waals surface area contributed by atoms with Gasteiger partial charge in [-0.05, 0) is 37.3 Å². The van der Waals surface area contributed by atoms with E-state index < -0.39 is 4.92 Å². The predicted molar refractivity (Wildman–Crippen MR) is 101 cm³/mol. The van der Waals surface area contributed by atoms with Crippen LogP contribution in [0.4, 0.5) is 5.69 Å². The largest absolute Gasteiger partial charge is 0.457 e. The van der Waals surface area contributed by atoms with E-state index in [1.54, 1.807) is 49.2 Å². The van der Waals surface area contributed by atoms with Crippen molar-refractivity contribution in [1.29, 1.82) is 0 Å². The van der Waals surface area contributed by atoms with E-state index in [0.29, 0.717) is 26.3 Å². The average molecular weight is 374 g/mol. The fourth-order valence-electron chi connectivity index (χ4n) is 2.43. The first-order chi connectivity index (χ1) is 11.8. The third kappa shape index (κ3) is 3.64. The van der Waals surface area contributed by atoms with Crippen molar-refractivity contribution in [2.45, 2.75) is 6.92 Å². The van der Waals surface area contributed by atoms with Crippen LogP contribution in [0.25, 0.3) is 17.4 Å². The summed E-state index contributed by atoms with van der Waals surface area (Å²) < 4.78 is 6.41. The van der Waals surface area contributed by atoms with Gasteiger partial charge in [0.05, 0.1) is 16.4 Å². The van der Waals surface area contributed by atoms with Crippen LogP contribution in [0, 0.1) is 17.0 Å². The molecule has 0 saturated carbocycles. The van der Waals surface area contributed by atoms with Gasteiger partial charge in [0.25, 0.3) is 5.69 Å². The van der Waals surface area contributed by atoms with Crippen LogP contribution >= 0.6 is 24.0 Å². The number of Topliss-reactive ketones (excluding diaryl/α,β-unsaturated/α-hetero) is 1. The van der Waals surface area contributed by atoms with Gasteiger partial charge in [-0.15, -0.1) is 0 Å². The van der Waals surface area contributed by atoms with Gasteiger partial charge in [-0.1, -0.05) is 24.0 Å². The minimum Gasteiger partial charge on any atom is -0.457 e. The summed E-state index contributed by atoms with van der Waals surface area (Å²) in [5.41, 5.74) is 1.37. The standard InChI is InChI=1S/C17H14N2O4S2/c1-10-7-11(3-5-13(10)19(21)22)15-6-4-12(23-15)8-16-14(20)9-18(2)17(24)25-16/h3-8H,9H2,1-2H3/b16-8-. The molecule has 1 aliphatic rings. The summed E-state index contributed by atoms with van der Waals surface area (Å²) >= 11 is 6.46. The molecule has 6 nitrogen and oxygen atoms in total. The molecule has 1 saturated heterocycles. The first-order valence-electron chi connectivity index (χ1n) is 7.38. The van der Waals surface area contributed by atoms with Crippen LogP contribution in [0.2, 0.25) is 0 Å². The summed E-state index contributed by atoms with van der Waals surface area (Å²) in [6, 6.07) is 8.34. The molecule has 0 radical (unpaired) electrons. The molecule has 0 atom stereocenters. The van der Waals surface area contributed by atoms with Crippen LogP contribution < -0.4 is 0 Å². The number of carbonyl (C=O) groups excluding carboxylic acids is 1. The molecule has 0 spiro atoms. The summed E-state index contributed by atoms with van der Waals surface area (Å²) in [6.45, 7) is 1.94. The maximum atomic E-state index is 12.1. The molecule has 0 aliphatic carbocycles. The Hall–Kier alpha value is -2.45. The maximum absolute atomic E-state index is 12.1. The number of carbonyl (C=O) groups is 1. The van der Waals surface area contributed by atoms with E-state index in [1.165, 1.54) is 17.8 Å². The van der Waals surface area contributed by atoms with Crippen LogP contribution in [0.5, 0.6) is 0 Å². The molecule has 1 aromatic carbocycles. The van der Waals surface area contributed by atoms with Crippen LogP contribution in [-0.2, 0) is 4.79 Å². The van der Waals surface area contributed by atoms with E-state index >= 15 is 0 Å². The lowest BCUT2D eigenvalue weighted by Gasteiger charge is -2.24. The molecule has 2 heterocycles. The Morgan fingerprint density at radius 2 is 2.12 bits per heavy atom. The summed E-state index contributed by atoms with van der Waals surface area (Å²) in [5, 5.41) is 10.9. The van der Waals surface area contributed by atoms with Gasteiger partial charge in [0.1, 0.15) is 15.8 Å². The summed E-state index contributed by atoms with van der Waals surface area (Å²) in [6.07, 6.45) is 1.67. The van der Waals surface area contributed by atoms with E-state index in [9.17, 15) is 14.9 Å². The highest BCUT2D eigenvalue weighted by molar-refractivity contribution is 8.26. The van der Waals surface area contributed by atoms with E-state index in [4.69, 9.17) is 16.6 Å². The molecule has 3 rings (SSSR count). The van der Waals surface area contributed by atoms with Crippen molar-refractivity contribution in [3.63, 3.8) is 0 Å². The third-order valence-electron chi connectivity index (χ3n) is 3.74. The molecular weight excluding hydrogens is 360 g/mol. The van der Waals surface area contributed by atoms with Crippen molar-refractivity contribution in [3.05, 3.63) is 56.7 Å². The van der Waals surface area contributed by atoms with Gasteiger partial charge < -0.3 is 9.32 Å². The molecule has 0 N–H and O–H groups in total. The lowest BCUT2D eigenvalue weighted by atomic mass is 10.1. The van der Waals surface area contributed by atoms with Crippen molar-refractivity contribution in [3.8, 4) is 11.3 Å². The number of hydrogen-bond acceptors (Lipinski definition) is 6. The number of likely N-dealkylation sites (N-methyl/N-ethyl adjacent to an activating group) is 1. The Balaban J connectivity index is 1.87. The minimum absolute atomic E-state index is 0.00905. The maximum Gasteiger partial charge on any atom is 0.272 e. The molecular formula is C17H14N2O4S2. The fourth-order valence-corrected chi connectivity index (χ4v) is 3.52. The first-order valence-corrected chi connectivity index (χ1v) is 8.60. The number of thiocarbonyl (C=S) groups is 1. The Morgan fingerprint density at radius 1 is 1.36 bits per heavy atom. The zero-order chi connectivity index (χ0) is 18.1. The Bertz CT molecular complexity index is 917. The number of furan rings is 1. The molecule has 1 aromatic heterocycles. The van der Waals surface area contributed by atoms with Gasteiger partial charge in [-0.25, -0.2) is 0 Å². The Kier molecular flexibility index (Phi) is 4.73. The summed E-state index contributed by atoms with van der Waals surface area (Å²) in [5.74, 6) is 1.11. The second-order valence-corrected chi connectivity index (χ2v) is 7.29. The van der Waals surface area contributed by atoms with Crippen LogP contribution in [0.3, 0.4) is 0 Å². The van der Waals surface area contributed by atoms with Crippen LogP contribution in [-0.4, -0.2) is 33.5 Å². The molecule has 8 heteroatoms. The molecule has 2 aromatic rings. The lowest BCUT2D eigenvalue weighted by Crippen LogP contribution is -2.34. The van der Waals surface area contributed by atoms with Gasteiger partial charge in [0, 0.05) is 24.2 Å². The monoisotopic (exact) mass is 374 g/mol. The summed E-state index contributed by atoms with van der Waals surface area (Å²) in [4.78, 5) is 24.8. The predicted octanol–water partition coefficient (Wildman–Crippen LogP) is 4.04. The normalized spacial score (nSPS) is 16.6. The number of hydrogen-bond donors (Lipinski definition) is 0. The molecule has 1 fully saturated rings. The van der Waals surface area contributed by atoms with E-state index in [0.717, 1.165) is 5.56 Å². The molecule has 1 aliphatic heterocycles. The highest BCUT2D eigenvalue weighted by atomic mass is 32.2. The number of ketones is 1. The highest BCUT2D eigenvalue weighted by Crippen LogP contribution is 2.31. The molecule has 25 heavy (non-hydrogen) atoms. The third-order valence-corrected chi connectivity index (χ3v) is 5.36. The van der Waals surface area contributed by atoms with Crippen LogP contribution in [0.15, 0.2) is 39.7 Å². The Morgan fingerprint density at radius 3 is 2.80 bits per heavy atom. The van der Waals surface area contributed by atoms with Crippen molar-refractivity contribution in [2.24, 2.45) is 0 Å². The zero-order valence-corrected chi connectivity index (χ0v) is 15.1.